The summed E-state index contributed by atoms with van der Waals surface area (Å²) in [6.07, 6.45) is 5.18. The topological polar surface area (TPSA) is 83.0 Å². The first-order chi connectivity index (χ1) is 17.8. The monoisotopic (exact) mass is 505 g/mol. The first-order valence-corrected chi connectivity index (χ1v) is 11.8. The second-order valence-electron chi connectivity index (χ2n) is 9.09. The van der Waals surface area contributed by atoms with Crippen molar-refractivity contribution in [3.63, 3.8) is 0 Å². The van der Waals surface area contributed by atoms with Crippen molar-refractivity contribution in [3.05, 3.63) is 83.7 Å². The van der Waals surface area contributed by atoms with Gasteiger partial charge in [-0.05, 0) is 43.5 Å². The molecule has 1 aliphatic rings. The molecule has 0 unspecified atom stereocenters. The number of nitrogens with zero attached hydrogens (tertiary/aromatic N) is 7. The lowest BCUT2D eigenvalue weighted by atomic mass is 10.1. The van der Waals surface area contributed by atoms with Gasteiger partial charge >= 0.3 is 6.18 Å². The molecule has 0 saturated heterocycles. The molecule has 4 heterocycles. The highest BCUT2D eigenvalue weighted by Gasteiger charge is 2.34. The van der Waals surface area contributed by atoms with E-state index in [1.165, 1.54) is 11.0 Å². The fourth-order valence-electron chi connectivity index (χ4n) is 4.48. The van der Waals surface area contributed by atoms with E-state index in [2.05, 4.69) is 25.0 Å². The van der Waals surface area contributed by atoms with Crippen molar-refractivity contribution >= 4 is 5.65 Å². The predicted octanol–water partition coefficient (Wildman–Crippen LogP) is 5.18. The molecule has 1 aliphatic carbocycles. The molecule has 5 aromatic rings. The fourth-order valence-corrected chi connectivity index (χ4v) is 4.48. The number of imidazole rings is 1. The first kappa shape index (κ1) is 23.1. The lowest BCUT2D eigenvalue weighted by Crippen LogP contribution is -2.07. The van der Waals surface area contributed by atoms with Gasteiger partial charge in [0.1, 0.15) is 12.2 Å². The maximum atomic E-state index is 13.0. The lowest BCUT2D eigenvalue weighted by molar-refractivity contribution is -0.141. The number of methoxy groups -OCH3 is 1. The number of halogens is 3. The molecule has 11 heteroatoms. The second-order valence-corrected chi connectivity index (χ2v) is 9.09. The van der Waals surface area contributed by atoms with Gasteiger partial charge < -0.3 is 4.74 Å². The summed E-state index contributed by atoms with van der Waals surface area (Å²) in [4.78, 5) is 18.0. The zero-order valence-corrected chi connectivity index (χ0v) is 20.1. The van der Waals surface area contributed by atoms with Crippen molar-refractivity contribution in [1.29, 1.82) is 0 Å². The highest BCUT2D eigenvalue weighted by molar-refractivity contribution is 5.71. The maximum Gasteiger partial charge on any atom is 0.435 e. The quantitative estimate of drug-likeness (QED) is 0.316. The molecule has 0 amide bonds. The third-order valence-electron chi connectivity index (χ3n) is 6.47. The number of alkyl halides is 3. The summed E-state index contributed by atoms with van der Waals surface area (Å²) >= 11 is 0. The number of fused-ring (bicyclic) bond motifs is 1. The van der Waals surface area contributed by atoms with Crippen LogP contribution in [0.3, 0.4) is 0 Å². The highest BCUT2D eigenvalue weighted by Crippen LogP contribution is 2.45. The van der Waals surface area contributed by atoms with Crippen molar-refractivity contribution in [2.24, 2.45) is 0 Å². The highest BCUT2D eigenvalue weighted by atomic mass is 19.4. The van der Waals surface area contributed by atoms with Gasteiger partial charge in [-0.1, -0.05) is 12.1 Å². The number of rotatable bonds is 6. The van der Waals surface area contributed by atoms with Gasteiger partial charge in [0.05, 0.1) is 30.3 Å². The molecule has 8 nitrogen and oxygen atoms in total. The van der Waals surface area contributed by atoms with Gasteiger partial charge in [-0.2, -0.15) is 18.3 Å². The number of aryl methyl sites for hydroxylation is 1. The lowest BCUT2D eigenvalue weighted by Gasteiger charge is -2.12. The summed E-state index contributed by atoms with van der Waals surface area (Å²) in [5, 5.41) is 3.72. The van der Waals surface area contributed by atoms with Crippen LogP contribution in [-0.2, 0) is 12.6 Å². The van der Waals surface area contributed by atoms with Gasteiger partial charge in [0.2, 0.25) is 5.88 Å². The summed E-state index contributed by atoms with van der Waals surface area (Å²) < 4.78 is 47.9. The van der Waals surface area contributed by atoms with Gasteiger partial charge in [0, 0.05) is 36.0 Å². The van der Waals surface area contributed by atoms with E-state index in [1.807, 2.05) is 22.7 Å². The molecule has 0 aliphatic heterocycles. The largest absolute Gasteiger partial charge is 0.480 e. The third-order valence-corrected chi connectivity index (χ3v) is 6.47. The molecular formula is C26H22F3N7O. The Morgan fingerprint density at radius 1 is 1.03 bits per heavy atom. The van der Waals surface area contributed by atoms with E-state index in [4.69, 9.17) is 4.74 Å². The van der Waals surface area contributed by atoms with E-state index in [1.54, 1.807) is 38.6 Å². The standard InChI is InChI=1S/C26H22F3N7O/c1-15-9-20(26(27,28)29)34-36(15)19-7-3-16(4-8-19)10-21-31-12-22-30-11-18(13-35(21)22)23-24(17-5-6-17)32-14-33-25(23)37-2/h3-4,7-9,11-14,17H,5-6,10H2,1-2H3. The van der Waals surface area contributed by atoms with Crippen LogP contribution in [0.1, 0.15) is 47.2 Å². The Morgan fingerprint density at radius 2 is 1.81 bits per heavy atom. The van der Waals surface area contributed by atoms with Crippen molar-refractivity contribution in [3.8, 4) is 22.7 Å². The molecule has 0 atom stereocenters. The summed E-state index contributed by atoms with van der Waals surface area (Å²) in [5.74, 6) is 1.68. The van der Waals surface area contributed by atoms with Gasteiger partial charge in [-0.3, -0.25) is 4.40 Å². The van der Waals surface area contributed by atoms with E-state index in [0.29, 0.717) is 35.2 Å². The normalized spacial score (nSPS) is 13.9. The van der Waals surface area contributed by atoms with Gasteiger partial charge in [-0.15, -0.1) is 0 Å². The van der Waals surface area contributed by atoms with E-state index >= 15 is 0 Å². The molecule has 1 fully saturated rings. The van der Waals surface area contributed by atoms with Crippen molar-refractivity contribution in [1.82, 2.24) is 34.1 Å². The van der Waals surface area contributed by atoms with Gasteiger partial charge in [0.25, 0.3) is 0 Å². The zero-order valence-electron chi connectivity index (χ0n) is 20.1. The minimum absolute atomic E-state index is 0.397. The van der Waals surface area contributed by atoms with E-state index < -0.39 is 11.9 Å². The van der Waals surface area contributed by atoms with E-state index in [-0.39, 0.29) is 0 Å². The van der Waals surface area contributed by atoms with Crippen LogP contribution in [-0.4, -0.2) is 41.2 Å². The molecule has 6 rings (SSSR count). The molecule has 1 aromatic carbocycles. The van der Waals surface area contributed by atoms with Crippen LogP contribution in [0.2, 0.25) is 0 Å². The molecule has 4 aromatic heterocycles. The summed E-state index contributed by atoms with van der Waals surface area (Å²) in [6, 6.07) is 8.27. The summed E-state index contributed by atoms with van der Waals surface area (Å²) in [6.45, 7) is 1.60. The SMILES string of the molecule is COc1ncnc(C2CC2)c1-c1cnc2cnc(Cc3ccc(-n4nc(C(F)(F)F)cc4C)cc3)n2c1. The second kappa shape index (κ2) is 8.68. The Kier molecular flexibility index (Phi) is 5.43. The Morgan fingerprint density at radius 3 is 2.49 bits per heavy atom. The molecule has 1 saturated carbocycles. The number of aromatic nitrogens is 7. The fraction of sp³-hybridized carbons (Fsp3) is 0.269. The number of ether oxygens (including phenoxy) is 1. The molecule has 37 heavy (non-hydrogen) atoms. The molecule has 0 radical (unpaired) electrons. The third kappa shape index (κ3) is 4.30. The number of hydrogen-bond acceptors (Lipinski definition) is 6. The maximum absolute atomic E-state index is 13.0. The summed E-state index contributed by atoms with van der Waals surface area (Å²) in [7, 11) is 1.59. The minimum atomic E-state index is -4.49. The Labute approximate surface area is 209 Å². The molecular weight excluding hydrogens is 483 g/mol. The van der Waals surface area contributed by atoms with Crippen molar-refractivity contribution < 1.29 is 17.9 Å². The van der Waals surface area contributed by atoms with Crippen LogP contribution in [0.15, 0.2) is 55.2 Å². The minimum Gasteiger partial charge on any atom is -0.480 e. The van der Waals surface area contributed by atoms with Gasteiger partial charge in [-0.25, -0.2) is 24.6 Å². The van der Waals surface area contributed by atoms with E-state index in [0.717, 1.165) is 47.1 Å². The van der Waals surface area contributed by atoms with Crippen LogP contribution < -0.4 is 4.74 Å². The van der Waals surface area contributed by atoms with Gasteiger partial charge in [0.15, 0.2) is 11.3 Å². The average molecular weight is 506 g/mol. The molecule has 0 N–H and O–H groups in total. The number of hydrogen-bond donors (Lipinski definition) is 0. The molecule has 188 valence electrons. The van der Waals surface area contributed by atoms with Crippen LogP contribution >= 0.6 is 0 Å². The smallest absolute Gasteiger partial charge is 0.435 e. The molecule has 0 bridgehead atoms. The zero-order chi connectivity index (χ0) is 25.7. The number of benzene rings is 1. The Bertz CT molecular complexity index is 1600. The first-order valence-electron chi connectivity index (χ1n) is 11.8. The van der Waals surface area contributed by atoms with Crippen LogP contribution in [0.25, 0.3) is 22.5 Å². The van der Waals surface area contributed by atoms with Crippen molar-refractivity contribution in [2.75, 3.05) is 7.11 Å². The van der Waals surface area contributed by atoms with Crippen LogP contribution in [0, 0.1) is 6.92 Å². The van der Waals surface area contributed by atoms with Crippen LogP contribution in [0.5, 0.6) is 5.88 Å². The average Bonchev–Trinajstić information content (AvgIpc) is 3.55. The molecule has 0 spiro atoms. The van der Waals surface area contributed by atoms with Crippen molar-refractivity contribution in [2.45, 2.75) is 38.3 Å². The van der Waals surface area contributed by atoms with E-state index in [9.17, 15) is 13.2 Å². The Hall–Kier alpha value is -4.28. The predicted molar refractivity (Wildman–Crippen MR) is 129 cm³/mol. The summed E-state index contributed by atoms with van der Waals surface area (Å²) in [5.41, 5.74) is 4.35. The van der Waals surface area contributed by atoms with Crippen LogP contribution in [0.4, 0.5) is 13.2 Å². The Balaban J connectivity index is 1.31.